The summed E-state index contributed by atoms with van der Waals surface area (Å²) in [5.41, 5.74) is 10.2. The van der Waals surface area contributed by atoms with Gasteiger partial charge in [0.25, 0.3) is 5.91 Å². The molecule has 5 aromatic heterocycles. The van der Waals surface area contributed by atoms with E-state index in [2.05, 4.69) is 69.2 Å². The van der Waals surface area contributed by atoms with Crippen molar-refractivity contribution in [1.29, 1.82) is 0 Å². The van der Waals surface area contributed by atoms with Crippen LogP contribution in [0.25, 0.3) is 31.8 Å². The number of ether oxygens (including phenoxy) is 4. The number of hydrogen-bond donors (Lipinski definition) is 4. The first-order chi connectivity index (χ1) is 48.9. The lowest BCUT2D eigenvalue weighted by molar-refractivity contribution is -0.248. The molecule has 7 aliphatic rings. The molecule has 3 aliphatic heterocycles. The monoisotopic (exact) mass is 1430 g/mol. The molecule has 102 heavy (non-hydrogen) atoms. The van der Waals surface area contributed by atoms with Crippen LogP contribution in [0.15, 0.2) is 72.4 Å². The third-order valence-electron chi connectivity index (χ3n) is 22.0. The van der Waals surface area contributed by atoms with Crippen LogP contribution in [0, 0.1) is 42.4 Å². The Balaban J connectivity index is 0.609. The maximum Gasteiger partial charge on any atom is 0.273 e. The highest BCUT2D eigenvalue weighted by atomic mass is 32.1. The molecule has 7 aromatic rings. The number of aryl methyl sites for hydroxylation is 1. The van der Waals surface area contributed by atoms with Crippen molar-refractivity contribution < 1.29 is 43.2 Å². The van der Waals surface area contributed by atoms with E-state index in [0.29, 0.717) is 36.0 Å². The molecule has 0 spiro atoms. The van der Waals surface area contributed by atoms with E-state index in [4.69, 9.17) is 44.2 Å². The Morgan fingerprint density at radius 1 is 0.804 bits per heavy atom. The summed E-state index contributed by atoms with van der Waals surface area (Å²) in [5.74, 6) is 0.553. The normalized spacial score (nSPS) is 23.8. The zero-order chi connectivity index (χ0) is 71.7. The lowest BCUT2D eigenvalue weighted by Crippen LogP contribution is -2.64. The first-order valence-corrected chi connectivity index (χ1v) is 38.3. The number of hydrogen-bond acceptors (Lipinski definition) is 20. The van der Waals surface area contributed by atoms with Crippen molar-refractivity contribution >= 4 is 79.1 Å². The molecule has 23 nitrogen and oxygen atoms in total. The van der Waals surface area contributed by atoms with Crippen LogP contribution in [0.4, 0.5) is 22.6 Å². The maximum absolute atomic E-state index is 15.1. The summed E-state index contributed by atoms with van der Waals surface area (Å²) in [6, 6.07) is 17.8. The van der Waals surface area contributed by atoms with Gasteiger partial charge in [-0.3, -0.25) is 23.9 Å². The molecule has 25 heteroatoms. The van der Waals surface area contributed by atoms with Gasteiger partial charge in [-0.25, -0.2) is 15.0 Å². The SMILES string of the molecule is Cc1ncsc1-c1ccc([C@H](C)NC(=O)[C@@H]2C[C@@H](O)CN2C(=O)[C@@H](NC(=O)CCOCCOCCOCCN(C)C(=O)c2nc(N3CCCc4c3nnc(Nc3nc5ccccc5s3)c4C)ccc2-c2cnn(CC34CC5(OCCN6CCCC6)C[C@](C)(C3)C[C@](C)(C4)C5)c2C)C(C)(C)C)cc1. The molecular weight excluding hydrogens is 1330 g/mol. The van der Waals surface area contributed by atoms with Crippen molar-refractivity contribution in [3.05, 3.63) is 106 Å². The molecule has 6 fully saturated rings. The predicted octanol–water partition coefficient (Wildman–Crippen LogP) is 11.3. The number of β-amino-alcohol motifs (C(OH)–C–C–N with tert-alkyl or cyclic N) is 1. The number of amides is 4. The van der Waals surface area contributed by atoms with Crippen LogP contribution in [0.1, 0.15) is 157 Å². The molecule has 546 valence electrons. The van der Waals surface area contributed by atoms with Gasteiger partial charge in [0.05, 0.1) is 96.5 Å². The number of carbonyl (C=O) groups is 4. The topological polar surface area (TPSA) is 257 Å². The summed E-state index contributed by atoms with van der Waals surface area (Å²) in [5, 5.41) is 35.7. The average molecular weight is 1430 g/mol. The number of fused-ring (bicyclic) bond motifs is 2. The zero-order valence-corrected chi connectivity index (χ0v) is 62.7. The maximum atomic E-state index is 15.1. The molecule has 14 rings (SSSR count). The van der Waals surface area contributed by atoms with Gasteiger partial charge >= 0.3 is 0 Å². The predicted molar refractivity (Wildman–Crippen MR) is 396 cm³/mol. The fourth-order valence-electron chi connectivity index (χ4n) is 18.1. The first kappa shape index (κ1) is 73.0. The molecule has 2 unspecified atom stereocenters. The van der Waals surface area contributed by atoms with Crippen LogP contribution in [-0.2, 0) is 46.3 Å². The minimum Gasteiger partial charge on any atom is -0.391 e. The largest absolute Gasteiger partial charge is 0.391 e. The van der Waals surface area contributed by atoms with Gasteiger partial charge in [0.1, 0.15) is 23.6 Å². The Labute approximate surface area is 607 Å². The van der Waals surface area contributed by atoms with Crippen LogP contribution < -0.4 is 20.9 Å². The number of likely N-dealkylation sites (N-methyl/N-ethyl adjacent to an activating group) is 1. The highest BCUT2D eigenvalue weighted by molar-refractivity contribution is 7.22. The van der Waals surface area contributed by atoms with Crippen LogP contribution in [0.5, 0.6) is 0 Å². The van der Waals surface area contributed by atoms with Gasteiger partial charge in [-0.2, -0.15) is 5.10 Å². The summed E-state index contributed by atoms with van der Waals surface area (Å²) in [4.78, 5) is 79.9. The molecule has 4 N–H and O–H groups in total. The lowest BCUT2D eigenvalue weighted by atomic mass is 9.39. The third-order valence-corrected chi connectivity index (χ3v) is 23.9. The second-order valence-corrected chi connectivity index (χ2v) is 33.6. The van der Waals surface area contributed by atoms with E-state index in [1.807, 2.05) is 101 Å². The van der Waals surface area contributed by atoms with Gasteiger partial charge in [0, 0.05) is 80.6 Å². The number of thiazole rings is 2. The number of aliphatic hydroxyl groups excluding tert-OH is 1. The molecule has 4 aliphatic carbocycles. The number of aromatic nitrogens is 7. The molecular formula is C77H102N14O9S2. The molecule has 4 bridgehead atoms. The van der Waals surface area contributed by atoms with Gasteiger partial charge in [-0.05, 0) is 162 Å². The quantitative estimate of drug-likeness (QED) is 0.0318. The first-order valence-electron chi connectivity index (χ1n) is 36.6. The van der Waals surface area contributed by atoms with Crippen LogP contribution in [0.2, 0.25) is 0 Å². The zero-order valence-electron chi connectivity index (χ0n) is 61.1. The average Bonchev–Trinajstić information content (AvgIpc) is 0.697. The van der Waals surface area contributed by atoms with Gasteiger partial charge in [0.2, 0.25) is 17.7 Å². The van der Waals surface area contributed by atoms with Crippen molar-refractivity contribution in [1.82, 2.24) is 60.3 Å². The van der Waals surface area contributed by atoms with E-state index in [0.717, 1.165) is 130 Å². The summed E-state index contributed by atoms with van der Waals surface area (Å²) in [6.45, 7) is 25.9. The summed E-state index contributed by atoms with van der Waals surface area (Å²) in [7, 11) is 1.78. The van der Waals surface area contributed by atoms with E-state index in [1.165, 1.54) is 37.3 Å². The second kappa shape index (κ2) is 30.4. The number of para-hydroxylation sites is 1. The molecule has 4 saturated carbocycles. The third kappa shape index (κ3) is 16.1. The highest BCUT2D eigenvalue weighted by Crippen LogP contribution is 2.72. The van der Waals surface area contributed by atoms with Crippen LogP contribution in [0.3, 0.4) is 0 Å². The molecule has 8 heterocycles. The Bertz CT molecular complexity index is 4110. The summed E-state index contributed by atoms with van der Waals surface area (Å²) >= 11 is 3.15. The van der Waals surface area contributed by atoms with Crippen LogP contribution in [-0.4, -0.2) is 195 Å². The van der Waals surface area contributed by atoms with Crippen molar-refractivity contribution in [2.24, 2.45) is 21.7 Å². The fourth-order valence-corrected chi connectivity index (χ4v) is 19.8. The summed E-state index contributed by atoms with van der Waals surface area (Å²) < 4.78 is 28.1. The van der Waals surface area contributed by atoms with Crippen molar-refractivity contribution in [3.63, 3.8) is 0 Å². The number of carbonyl (C=O) groups excluding carboxylic acids is 4. The van der Waals surface area contributed by atoms with E-state index in [1.54, 1.807) is 34.6 Å². The Morgan fingerprint density at radius 2 is 1.53 bits per heavy atom. The van der Waals surface area contributed by atoms with E-state index in [-0.39, 0.29) is 105 Å². The second-order valence-electron chi connectivity index (χ2n) is 31.7. The van der Waals surface area contributed by atoms with E-state index in [9.17, 15) is 19.5 Å². The minimum atomic E-state index is -0.968. The Morgan fingerprint density at radius 3 is 2.25 bits per heavy atom. The Hall–Kier alpha value is -7.36. The standard InChI is InChI=1S/C77H102N14O9S2/c1-49-56-16-15-28-89(68(56)86-85-67(49)84-72-81-59-17-11-12-18-61(59)102-72)62-24-23-57(58-39-79-91(52(58)4)47-76-42-74(8)41-75(9,43-76)45-77(44-74,46-76)100-33-30-88-26-13-14-27-88)64(82-62)70(95)87(10)29-32-98-35-37-99-36-34-97-31-25-63(93)83-66(73(5,6)7)71(96)90-40-55(92)38-60(90)69(94)80-50(2)53-19-21-54(22-20-53)65-51(3)78-48-101-65/h11-12,17-24,39,48,50,55,60,66,92H,13-16,25-38,40-47H2,1-10H3,(H,80,94)(H,83,93)(H,81,84,85)/t50-,55+,60-,66+,74-,75+,76?,77?/m0/s1. The van der Waals surface area contributed by atoms with E-state index < -0.39 is 29.5 Å². The van der Waals surface area contributed by atoms with Crippen molar-refractivity contribution in [2.75, 3.05) is 103 Å². The summed E-state index contributed by atoms with van der Waals surface area (Å²) in [6.07, 6.45) is 12.1. The van der Waals surface area contributed by atoms with Crippen molar-refractivity contribution in [2.45, 2.75) is 176 Å². The van der Waals surface area contributed by atoms with E-state index >= 15 is 4.79 Å². The number of nitrogens with zero attached hydrogens (tertiary/aromatic N) is 11. The van der Waals surface area contributed by atoms with Crippen LogP contribution >= 0.6 is 22.7 Å². The fraction of sp³-hybridized carbons (Fsp3) is 0.584. The minimum absolute atomic E-state index is 0.00671. The van der Waals surface area contributed by atoms with Gasteiger partial charge in [-0.1, -0.05) is 82.4 Å². The lowest BCUT2D eigenvalue weighted by Gasteiger charge is -2.69. The van der Waals surface area contributed by atoms with Gasteiger partial charge < -0.3 is 59.6 Å². The number of likely N-dealkylation sites (tertiary alicyclic amines) is 2. The number of aliphatic hydroxyl groups is 1. The van der Waals surface area contributed by atoms with Crippen molar-refractivity contribution in [3.8, 4) is 21.6 Å². The molecule has 2 aromatic carbocycles. The smallest absolute Gasteiger partial charge is 0.273 e. The van der Waals surface area contributed by atoms with Gasteiger partial charge in [-0.15, -0.1) is 21.5 Å². The highest BCUT2D eigenvalue weighted by Gasteiger charge is 2.66. The number of benzene rings is 2. The van der Waals surface area contributed by atoms with Gasteiger partial charge in [0.15, 0.2) is 16.8 Å². The number of pyridine rings is 1. The molecule has 8 atom stereocenters. The Kier molecular flexibility index (Phi) is 21.7. The number of nitrogens with one attached hydrogen (secondary N) is 3. The number of anilines is 4. The molecule has 0 radical (unpaired) electrons. The molecule has 2 saturated heterocycles. The number of rotatable bonds is 29. The molecule has 4 amide bonds.